The van der Waals surface area contributed by atoms with Crippen molar-refractivity contribution in [3.05, 3.63) is 18.5 Å². The van der Waals surface area contributed by atoms with Crippen LogP contribution in [0.3, 0.4) is 0 Å². The molecule has 3 rings (SSSR count). The number of hydrogen-bond donors (Lipinski definition) is 3. The van der Waals surface area contributed by atoms with Gasteiger partial charge in [-0.1, -0.05) is 0 Å². The van der Waals surface area contributed by atoms with E-state index in [1.807, 2.05) is 11.6 Å². The Bertz CT molecular complexity index is 934. The number of ether oxygens (including phenoxy) is 3. The van der Waals surface area contributed by atoms with E-state index in [-0.39, 0.29) is 6.61 Å². The number of aromatic nitrogens is 4. The van der Waals surface area contributed by atoms with Gasteiger partial charge in [0.05, 0.1) is 27.7 Å². The summed E-state index contributed by atoms with van der Waals surface area (Å²) in [6, 6.07) is 3.58. The highest BCUT2D eigenvalue weighted by Gasteiger charge is 2.16. The van der Waals surface area contributed by atoms with Crippen molar-refractivity contribution in [3.8, 4) is 17.2 Å². The normalized spacial score (nSPS) is 10.8. The number of aliphatic hydroxyl groups excluding tert-OH is 1. The van der Waals surface area contributed by atoms with E-state index in [1.165, 1.54) is 0 Å². The number of aliphatic hydroxyl groups is 1. The van der Waals surface area contributed by atoms with Crippen molar-refractivity contribution in [1.82, 2.24) is 19.5 Å². The largest absolute Gasteiger partial charge is 0.493 e. The van der Waals surface area contributed by atoms with Gasteiger partial charge in [-0.25, -0.2) is 4.98 Å². The molecule has 0 bridgehead atoms. The van der Waals surface area contributed by atoms with E-state index in [9.17, 15) is 0 Å². The Kier molecular flexibility index (Phi) is 5.99. The van der Waals surface area contributed by atoms with E-state index in [0.29, 0.717) is 58.8 Å². The molecule has 2 heterocycles. The molecule has 0 atom stereocenters. The summed E-state index contributed by atoms with van der Waals surface area (Å²) in [7, 11) is 6.54. The van der Waals surface area contributed by atoms with E-state index in [4.69, 9.17) is 19.3 Å². The number of imidazole rings is 1. The molecular weight excluding hydrogens is 364 g/mol. The molecule has 3 N–H and O–H groups in total. The Morgan fingerprint density at radius 2 is 1.79 bits per heavy atom. The number of aryl methyl sites for hydroxylation is 1. The van der Waals surface area contributed by atoms with Gasteiger partial charge in [-0.15, -0.1) is 0 Å². The van der Waals surface area contributed by atoms with Crippen LogP contribution in [-0.4, -0.2) is 59.1 Å². The summed E-state index contributed by atoms with van der Waals surface area (Å²) >= 11 is 0. The Balaban J connectivity index is 2.01. The molecule has 0 amide bonds. The molecule has 28 heavy (non-hydrogen) atoms. The van der Waals surface area contributed by atoms with Gasteiger partial charge in [0.1, 0.15) is 0 Å². The zero-order chi connectivity index (χ0) is 20.1. The quantitative estimate of drug-likeness (QED) is 0.473. The second kappa shape index (κ2) is 8.61. The first-order valence-corrected chi connectivity index (χ1v) is 8.72. The summed E-state index contributed by atoms with van der Waals surface area (Å²) in [5, 5.41) is 15.3. The fraction of sp³-hybridized carbons (Fsp3) is 0.389. The minimum atomic E-state index is 0.0947. The number of anilines is 3. The van der Waals surface area contributed by atoms with E-state index < -0.39 is 0 Å². The molecule has 0 aliphatic rings. The van der Waals surface area contributed by atoms with Gasteiger partial charge in [0, 0.05) is 38.0 Å². The molecule has 0 radical (unpaired) electrons. The van der Waals surface area contributed by atoms with Gasteiger partial charge in [-0.2, -0.15) is 9.97 Å². The van der Waals surface area contributed by atoms with Gasteiger partial charge >= 0.3 is 0 Å². The second-order valence-electron chi connectivity index (χ2n) is 5.97. The molecule has 0 aliphatic carbocycles. The van der Waals surface area contributed by atoms with Crippen LogP contribution in [0.2, 0.25) is 0 Å². The summed E-state index contributed by atoms with van der Waals surface area (Å²) in [5.41, 5.74) is 2.00. The van der Waals surface area contributed by atoms with E-state index in [2.05, 4.69) is 25.6 Å². The molecule has 2 aromatic heterocycles. The fourth-order valence-electron chi connectivity index (χ4n) is 2.74. The molecule has 10 heteroatoms. The lowest BCUT2D eigenvalue weighted by Crippen LogP contribution is -2.09. The minimum absolute atomic E-state index is 0.0947. The number of nitrogens with one attached hydrogen (secondary N) is 2. The van der Waals surface area contributed by atoms with Crippen molar-refractivity contribution in [2.24, 2.45) is 7.05 Å². The van der Waals surface area contributed by atoms with Crippen molar-refractivity contribution >= 4 is 28.6 Å². The molecule has 150 valence electrons. The number of rotatable bonds is 9. The van der Waals surface area contributed by atoms with Gasteiger partial charge in [0.25, 0.3) is 0 Å². The maximum atomic E-state index is 8.98. The first-order chi connectivity index (χ1) is 13.6. The van der Waals surface area contributed by atoms with Gasteiger partial charge in [-0.3, -0.25) is 0 Å². The minimum Gasteiger partial charge on any atom is -0.493 e. The van der Waals surface area contributed by atoms with Crippen LogP contribution in [-0.2, 0) is 7.05 Å². The van der Waals surface area contributed by atoms with Gasteiger partial charge in [0.2, 0.25) is 11.7 Å². The number of methoxy groups -OCH3 is 3. The zero-order valence-electron chi connectivity index (χ0n) is 16.3. The SMILES string of the molecule is COc1cc(Nc2nc(NCCCO)nc3c2ncn3C)cc(OC)c1OC. The smallest absolute Gasteiger partial charge is 0.226 e. The summed E-state index contributed by atoms with van der Waals surface area (Å²) in [6.07, 6.45) is 2.28. The topological polar surface area (TPSA) is 116 Å². The molecular formula is C18H24N6O4. The molecule has 1 aromatic carbocycles. The molecule has 0 spiro atoms. The summed E-state index contributed by atoms with van der Waals surface area (Å²) in [4.78, 5) is 13.4. The first kappa shape index (κ1) is 19.5. The lowest BCUT2D eigenvalue weighted by molar-refractivity contribution is 0.292. The maximum Gasteiger partial charge on any atom is 0.226 e. The lowest BCUT2D eigenvalue weighted by Gasteiger charge is -2.15. The Hall–Kier alpha value is -3.27. The van der Waals surface area contributed by atoms with E-state index >= 15 is 0 Å². The van der Waals surface area contributed by atoms with Crippen LogP contribution in [0.25, 0.3) is 11.2 Å². The van der Waals surface area contributed by atoms with Crippen molar-refractivity contribution < 1.29 is 19.3 Å². The van der Waals surface area contributed by atoms with E-state index in [0.717, 1.165) is 0 Å². The third kappa shape index (κ3) is 3.86. The third-order valence-electron chi connectivity index (χ3n) is 4.11. The second-order valence-corrected chi connectivity index (χ2v) is 5.97. The van der Waals surface area contributed by atoms with Gasteiger partial charge in [0.15, 0.2) is 28.5 Å². The standard InChI is InChI=1S/C18H24N6O4/c1-24-10-20-14-16(22-18(23-17(14)24)19-6-5-7-25)21-11-8-12(26-2)15(28-4)13(9-11)27-3/h8-10,25H,5-7H2,1-4H3,(H2,19,21,22,23). The van der Waals surface area contributed by atoms with Crippen LogP contribution in [0, 0.1) is 0 Å². The van der Waals surface area contributed by atoms with Crippen LogP contribution in [0.4, 0.5) is 17.5 Å². The zero-order valence-corrected chi connectivity index (χ0v) is 16.3. The highest BCUT2D eigenvalue weighted by Crippen LogP contribution is 2.40. The molecule has 0 fully saturated rings. The van der Waals surface area contributed by atoms with E-state index in [1.54, 1.807) is 39.8 Å². The van der Waals surface area contributed by atoms with Crippen molar-refractivity contribution in [3.63, 3.8) is 0 Å². The van der Waals surface area contributed by atoms with Crippen molar-refractivity contribution in [2.75, 3.05) is 45.1 Å². The summed E-state index contributed by atoms with van der Waals surface area (Å²) in [5.74, 6) is 2.53. The molecule has 0 saturated carbocycles. The third-order valence-corrected chi connectivity index (χ3v) is 4.11. The first-order valence-electron chi connectivity index (χ1n) is 8.72. The van der Waals surface area contributed by atoms with Crippen LogP contribution in [0.1, 0.15) is 6.42 Å². The molecule has 0 aliphatic heterocycles. The molecule has 0 unspecified atom stereocenters. The van der Waals surface area contributed by atoms with Crippen LogP contribution < -0.4 is 24.8 Å². The van der Waals surface area contributed by atoms with Crippen LogP contribution in [0.5, 0.6) is 17.2 Å². The highest BCUT2D eigenvalue weighted by atomic mass is 16.5. The summed E-state index contributed by atoms with van der Waals surface area (Å²) < 4.78 is 18.0. The summed E-state index contributed by atoms with van der Waals surface area (Å²) in [6.45, 7) is 0.654. The van der Waals surface area contributed by atoms with Gasteiger partial charge < -0.3 is 34.5 Å². The van der Waals surface area contributed by atoms with Crippen molar-refractivity contribution in [1.29, 1.82) is 0 Å². The molecule has 10 nitrogen and oxygen atoms in total. The Morgan fingerprint density at radius 3 is 2.39 bits per heavy atom. The van der Waals surface area contributed by atoms with Gasteiger partial charge in [-0.05, 0) is 6.42 Å². The number of nitrogens with zero attached hydrogens (tertiary/aromatic N) is 4. The number of fused-ring (bicyclic) bond motifs is 1. The highest BCUT2D eigenvalue weighted by molar-refractivity contribution is 5.87. The molecule has 0 saturated heterocycles. The lowest BCUT2D eigenvalue weighted by atomic mass is 10.2. The van der Waals surface area contributed by atoms with Crippen molar-refractivity contribution in [2.45, 2.75) is 6.42 Å². The number of benzene rings is 1. The molecule has 3 aromatic rings. The Morgan fingerprint density at radius 1 is 1.07 bits per heavy atom. The average Bonchev–Trinajstić information content (AvgIpc) is 3.08. The van der Waals surface area contributed by atoms with Crippen LogP contribution in [0.15, 0.2) is 18.5 Å². The fourth-order valence-corrected chi connectivity index (χ4v) is 2.74. The number of hydrogen-bond acceptors (Lipinski definition) is 9. The predicted molar refractivity (Wildman–Crippen MR) is 106 cm³/mol. The Labute approximate surface area is 162 Å². The van der Waals surface area contributed by atoms with Crippen LogP contribution >= 0.6 is 0 Å². The maximum absolute atomic E-state index is 8.98. The average molecular weight is 388 g/mol. The predicted octanol–water partition coefficient (Wildman–Crippen LogP) is 1.93. The monoisotopic (exact) mass is 388 g/mol.